The van der Waals surface area contributed by atoms with Gasteiger partial charge in [-0.05, 0) is 43.7 Å². The standard InChI is InChI=1S/C19H19ClN4O/c1-12-8-9-14(11-15(12)20)22-19-21-13(2)10-18(24-19)23-16-6-4-5-7-17(16)25-3/h4-11H,1-3H3,(H2,21,22,23,24). The SMILES string of the molecule is COc1ccccc1Nc1cc(C)nc(Nc2ccc(C)c(Cl)c2)n1. The third-order valence-electron chi connectivity index (χ3n) is 3.65. The summed E-state index contributed by atoms with van der Waals surface area (Å²) in [6.45, 7) is 3.88. The fraction of sp³-hybridized carbons (Fsp3) is 0.158. The summed E-state index contributed by atoms with van der Waals surface area (Å²) in [5.41, 5.74) is 3.54. The Morgan fingerprint density at radius 2 is 1.76 bits per heavy atom. The van der Waals surface area contributed by atoms with Crippen molar-refractivity contribution in [2.24, 2.45) is 0 Å². The van der Waals surface area contributed by atoms with Crippen molar-refractivity contribution in [3.8, 4) is 5.75 Å². The van der Waals surface area contributed by atoms with Crippen LogP contribution in [-0.2, 0) is 0 Å². The van der Waals surface area contributed by atoms with Crippen molar-refractivity contribution in [1.82, 2.24) is 9.97 Å². The number of benzene rings is 2. The van der Waals surface area contributed by atoms with Crippen LogP contribution < -0.4 is 15.4 Å². The van der Waals surface area contributed by atoms with E-state index in [1.165, 1.54) is 0 Å². The molecule has 1 heterocycles. The van der Waals surface area contributed by atoms with E-state index in [0.717, 1.165) is 28.4 Å². The molecule has 0 fully saturated rings. The average Bonchev–Trinajstić information content (AvgIpc) is 2.58. The molecule has 5 nitrogen and oxygen atoms in total. The first-order valence-corrected chi connectivity index (χ1v) is 8.22. The van der Waals surface area contributed by atoms with E-state index in [2.05, 4.69) is 20.6 Å². The molecule has 0 aliphatic carbocycles. The summed E-state index contributed by atoms with van der Waals surface area (Å²) in [6.07, 6.45) is 0. The van der Waals surface area contributed by atoms with Crippen molar-refractivity contribution in [2.75, 3.05) is 17.7 Å². The van der Waals surface area contributed by atoms with E-state index in [1.54, 1.807) is 7.11 Å². The average molecular weight is 355 g/mol. The largest absolute Gasteiger partial charge is 0.495 e. The van der Waals surface area contributed by atoms with Crippen LogP contribution in [0.3, 0.4) is 0 Å². The van der Waals surface area contributed by atoms with E-state index >= 15 is 0 Å². The van der Waals surface area contributed by atoms with Crippen molar-refractivity contribution < 1.29 is 4.74 Å². The van der Waals surface area contributed by atoms with Crippen LogP contribution in [-0.4, -0.2) is 17.1 Å². The number of nitrogens with zero attached hydrogens (tertiary/aromatic N) is 2. The van der Waals surface area contributed by atoms with Crippen LogP contribution in [0.5, 0.6) is 5.75 Å². The maximum atomic E-state index is 6.18. The fourth-order valence-electron chi connectivity index (χ4n) is 2.37. The topological polar surface area (TPSA) is 59.1 Å². The molecule has 0 aliphatic rings. The molecule has 0 aliphatic heterocycles. The lowest BCUT2D eigenvalue weighted by molar-refractivity contribution is 0.417. The van der Waals surface area contributed by atoms with Crippen LogP contribution in [0.1, 0.15) is 11.3 Å². The maximum absolute atomic E-state index is 6.18. The summed E-state index contributed by atoms with van der Waals surface area (Å²) in [7, 11) is 1.64. The van der Waals surface area contributed by atoms with Crippen LogP contribution in [0.2, 0.25) is 5.02 Å². The van der Waals surface area contributed by atoms with E-state index in [1.807, 2.05) is 62.4 Å². The number of rotatable bonds is 5. The lowest BCUT2D eigenvalue weighted by Crippen LogP contribution is -2.03. The van der Waals surface area contributed by atoms with Gasteiger partial charge in [0.2, 0.25) is 5.95 Å². The Bertz CT molecular complexity index is 898. The second-order valence-electron chi connectivity index (χ2n) is 5.63. The van der Waals surface area contributed by atoms with Crippen LogP contribution in [0, 0.1) is 13.8 Å². The monoisotopic (exact) mass is 354 g/mol. The molecule has 1 aromatic heterocycles. The zero-order valence-corrected chi connectivity index (χ0v) is 15.1. The summed E-state index contributed by atoms with van der Waals surface area (Å²) in [6, 6.07) is 15.3. The molecule has 0 radical (unpaired) electrons. The third kappa shape index (κ3) is 4.19. The number of methoxy groups -OCH3 is 1. The van der Waals surface area contributed by atoms with Crippen LogP contribution >= 0.6 is 11.6 Å². The maximum Gasteiger partial charge on any atom is 0.229 e. The second-order valence-corrected chi connectivity index (χ2v) is 6.04. The van der Waals surface area contributed by atoms with Gasteiger partial charge in [-0.25, -0.2) is 4.98 Å². The Morgan fingerprint density at radius 1 is 0.960 bits per heavy atom. The summed E-state index contributed by atoms with van der Waals surface area (Å²) in [5, 5.41) is 7.16. The van der Waals surface area contributed by atoms with E-state index in [0.29, 0.717) is 16.8 Å². The molecule has 0 unspecified atom stereocenters. The summed E-state index contributed by atoms with van der Waals surface area (Å²) >= 11 is 6.18. The first kappa shape index (κ1) is 17.0. The Balaban J connectivity index is 1.86. The lowest BCUT2D eigenvalue weighted by atomic mass is 10.2. The normalized spacial score (nSPS) is 10.4. The molecule has 6 heteroatoms. The first-order chi connectivity index (χ1) is 12.0. The Labute approximate surface area is 152 Å². The molecule has 0 spiro atoms. The van der Waals surface area contributed by atoms with Gasteiger partial charge in [-0.15, -0.1) is 0 Å². The molecule has 0 atom stereocenters. The molecule has 3 aromatic rings. The minimum absolute atomic E-state index is 0.498. The van der Waals surface area contributed by atoms with Gasteiger partial charge in [-0.1, -0.05) is 29.8 Å². The van der Waals surface area contributed by atoms with Gasteiger partial charge in [-0.2, -0.15) is 4.98 Å². The molecule has 0 bridgehead atoms. The second kappa shape index (κ2) is 7.40. The molecule has 128 valence electrons. The van der Waals surface area contributed by atoms with Gasteiger partial charge < -0.3 is 15.4 Å². The summed E-state index contributed by atoms with van der Waals surface area (Å²) < 4.78 is 5.36. The minimum Gasteiger partial charge on any atom is -0.495 e. The molecular weight excluding hydrogens is 336 g/mol. The summed E-state index contributed by atoms with van der Waals surface area (Å²) in [4.78, 5) is 8.95. The quantitative estimate of drug-likeness (QED) is 0.656. The summed E-state index contributed by atoms with van der Waals surface area (Å²) in [5.74, 6) is 1.92. The lowest BCUT2D eigenvalue weighted by Gasteiger charge is -2.12. The van der Waals surface area contributed by atoms with Crippen molar-refractivity contribution >= 4 is 34.7 Å². The number of ether oxygens (including phenoxy) is 1. The molecule has 3 rings (SSSR count). The predicted octanol–water partition coefficient (Wildman–Crippen LogP) is 5.24. The Morgan fingerprint density at radius 3 is 2.52 bits per heavy atom. The van der Waals surface area contributed by atoms with Gasteiger partial charge in [-0.3, -0.25) is 0 Å². The zero-order chi connectivity index (χ0) is 17.8. The Hall–Kier alpha value is -2.79. The van der Waals surface area contributed by atoms with E-state index < -0.39 is 0 Å². The fourth-order valence-corrected chi connectivity index (χ4v) is 2.55. The molecule has 0 saturated heterocycles. The highest BCUT2D eigenvalue weighted by Gasteiger charge is 2.07. The highest BCUT2D eigenvalue weighted by atomic mass is 35.5. The van der Waals surface area contributed by atoms with Gasteiger partial charge >= 0.3 is 0 Å². The van der Waals surface area contributed by atoms with Crippen molar-refractivity contribution in [3.63, 3.8) is 0 Å². The molecule has 2 N–H and O–H groups in total. The number of para-hydroxylation sites is 2. The minimum atomic E-state index is 0.498. The van der Waals surface area contributed by atoms with Crippen molar-refractivity contribution in [3.05, 3.63) is 64.8 Å². The number of nitrogens with one attached hydrogen (secondary N) is 2. The number of aryl methyl sites for hydroxylation is 2. The molecular formula is C19H19ClN4O. The smallest absolute Gasteiger partial charge is 0.229 e. The number of hydrogen-bond acceptors (Lipinski definition) is 5. The number of hydrogen-bond donors (Lipinski definition) is 2. The number of anilines is 4. The van der Waals surface area contributed by atoms with Gasteiger partial charge in [0.25, 0.3) is 0 Å². The third-order valence-corrected chi connectivity index (χ3v) is 4.06. The van der Waals surface area contributed by atoms with Crippen molar-refractivity contribution in [1.29, 1.82) is 0 Å². The predicted molar refractivity (Wildman–Crippen MR) is 103 cm³/mol. The van der Waals surface area contributed by atoms with Gasteiger partial charge in [0.15, 0.2) is 0 Å². The first-order valence-electron chi connectivity index (χ1n) is 7.84. The molecule has 25 heavy (non-hydrogen) atoms. The number of halogens is 1. The molecule has 0 amide bonds. The molecule has 2 aromatic carbocycles. The Kier molecular flexibility index (Phi) is 5.05. The van der Waals surface area contributed by atoms with E-state index in [9.17, 15) is 0 Å². The molecule has 0 saturated carbocycles. The van der Waals surface area contributed by atoms with Crippen LogP contribution in [0.4, 0.5) is 23.1 Å². The zero-order valence-electron chi connectivity index (χ0n) is 14.3. The number of aromatic nitrogens is 2. The van der Waals surface area contributed by atoms with Gasteiger partial charge in [0.1, 0.15) is 11.6 Å². The van der Waals surface area contributed by atoms with E-state index in [4.69, 9.17) is 16.3 Å². The van der Waals surface area contributed by atoms with Gasteiger partial charge in [0, 0.05) is 22.5 Å². The van der Waals surface area contributed by atoms with Crippen LogP contribution in [0.15, 0.2) is 48.5 Å². The van der Waals surface area contributed by atoms with Gasteiger partial charge in [0.05, 0.1) is 12.8 Å². The highest BCUT2D eigenvalue weighted by Crippen LogP contribution is 2.27. The van der Waals surface area contributed by atoms with Crippen LogP contribution in [0.25, 0.3) is 0 Å². The van der Waals surface area contributed by atoms with E-state index in [-0.39, 0.29) is 0 Å². The van der Waals surface area contributed by atoms with Crippen molar-refractivity contribution in [2.45, 2.75) is 13.8 Å². The highest BCUT2D eigenvalue weighted by molar-refractivity contribution is 6.31.